The summed E-state index contributed by atoms with van der Waals surface area (Å²) in [4.78, 5) is 13.2. The summed E-state index contributed by atoms with van der Waals surface area (Å²) in [5, 5.41) is 14.9. The third kappa shape index (κ3) is 4.61. The van der Waals surface area contributed by atoms with E-state index in [2.05, 4.69) is 48.2 Å². The standard InChI is InChI=1S/C25H26N6O3S/c1-25(2,3)17-10-8-16(9-11-17)23-27-28-24(30(23)26)35-15-22(32)31-19(21-7-5-13-34-21)14-18(29-31)20-6-4-12-33-20/h4-13,19H,14-15,26H2,1-3H3. The largest absolute Gasteiger partial charge is 0.467 e. The summed E-state index contributed by atoms with van der Waals surface area (Å²) in [7, 11) is 0. The van der Waals surface area contributed by atoms with Crippen LogP contribution in [-0.4, -0.2) is 37.3 Å². The fourth-order valence-electron chi connectivity index (χ4n) is 3.92. The number of carbonyl (C=O) groups excluding carboxylic acids is 1. The number of nitrogens with zero attached hydrogens (tertiary/aromatic N) is 5. The highest BCUT2D eigenvalue weighted by Crippen LogP contribution is 2.34. The van der Waals surface area contributed by atoms with Crippen LogP contribution in [-0.2, 0) is 10.2 Å². The third-order valence-electron chi connectivity index (χ3n) is 5.84. The molecule has 0 fully saturated rings. The summed E-state index contributed by atoms with van der Waals surface area (Å²) in [6.07, 6.45) is 3.67. The van der Waals surface area contributed by atoms with Gasteiger partial charge in [-0.05, 0) is 35.2 Å². The maximum absolute atomic E-state index is 13.2. The van der Waals surface area contributed by atoms with Gasteiger partial charge in [0.25, 0.3) is 5.91 Å². The van der Waals surface area contributed by atoms with Crippen molar-refractivity contribution in [3.8, 4) is 11.4 Å². The van der Waals surface area contributed by atoms with Gasteiger partial charge in [0.1, 0.15) is 23.3 Å². The fourth-order valence-corrected chi connectivity index (χ4v) is 4.63. The molecule has 9 nitrogen and oxygen atoms in total. The van der Waals surface area contributed by atoms with E-state index in [1.54, 1.807) is 24.7 Å². The van der Waals surface area contributed by atoms with Gasteiger partial charge in [0.05, 0.1) is 18.3 Å². The molecular formula is C25H26N6O3S. The number of amides is 1. The Kier molecular flexibility index (Phi) is 5.98. The van der Waals surface area contributed by atoms with E-state index >= 15 is 0 Å². The number of rotatable bonds is 6. The minimum atomic E-state index is -0.342. The van der Waals surface area contributed by atoms with Crippen molar-refractivity contribution in [1.82, 2.24) is 19.9 Å². The molecule has 0 radical (unpaired) electrons. The third-order valence-corrected chi connectivity index (χ3v) is 6.77. The molecule has 180 valence electrons. The summed E-state index contributed by atoms with van der Waals surface area (Å²) in [6.45, 7) is 6.49. The number of benzene rings is 1. The second kappa shape index (κ2) is 9.10. The van der Waals surface area contributed by atoms with E-state index in [1.165, 1.54) is 27.0 Å². The average molecular weight is 491 g/mol. The van der Waals surface area contributed by atoms with Crippen LogP contribution in [0.2, 0.25) is 0 Å². The van der Waals surface area contributed by atoms with Crippen LogP contribution < -0.4 is 5.84 Å². The van der Waals surface area contributed by atoms with Gasteiger partial charge in [-0.1, -0.05) is 56.8 Å². The van der Waals surface area contributed by atoms with Gasteiger partial charge in [-0.15, -0.1) is 10.2 Å². The molecule has 0 saturated heterocycles. The van der Waals surface area contributed by atoms with Crippen LogP contribution in [0.3, 0.4) is 0 Å². The zero-order chi connectivity index (χ0) is 24.6. The minimum Gasteiger partial charge on any atom is -0.467 e. The monoisotopic (exact) mass is 490 g/mol. The zero-order valence-electron chi connectivity index (χ0n) is 19.7. The van der Waals surface area contributed by atoms with Gasteiger partial charge >= 0.3 is 0 Å². The first-order valence-electron chi connectivity index (χ1n) is 11.2. The molecule has 1 atom stereocenters. The lowest BCUT2D eigenvalue weighted by Crippen LogP contribution is -2.28. The van der Waals surface area contributed by atoms with E-state index in [4.69, 9.17) is 14.7 Å². The highest BCUT2D eigenvalue weighted by atomic mass is 32.2. The highest BCUT2D eigenvalue weighted by molar-refractivity contribution is 7.99. The van der Waals surface area contributed by atoms with Crippen molar-refractivity contribution in [2.75, 3.05) is 11.6 Å². The van der Waals surface area contributed by atoms with E-state index in [0.717, 1.165) is 5.56 Å². The van der Waals surface area contributed by atoms with Crippen LogP contribution in [0, 0.1) is 0 Å². The number of furan rings is 2. The number of aromatic nitrogens is 3. The summed E-state index contributed by atoms with van der Waals surface area (Å²) in [6, 6.07) is 15.0. The van der Waals surface area contributed by atoms with Crippen LogP contribution in [0.1, 0.15) is 50.3 Å². The number of hydrogen-bond donors (Lipinski definition) is 1. The average Bonchev–Trinajstić information content (AvgIpc) is 3.64. The normalized spacial score (nSPS) is 16.0. The molecule has 2 N–H and O–H groups in total. The predicted octanol–water partition coefficient (Wildman–Crippen LogP) is 4.61. The summed E-state index contributed by atoms with van der Waals surface area (Å²) in [5.74, 6) is 8.00. The number of hydrazone groups is 1. The van der Waals surface area contributed by atoms with Gasteiger partial charge in [-0.2, -0.15) is 5.10 Å². The van der Waals surface area contributed by atoms with Gasteiger partial charge in [0.2, 0.25) is 5.16 Å². The predicted molar refractivity (Wildman–Crippen MR) is 133 cm³/mol. The van der Waals surface area contributed by atoms with E-state index in [9.17, 15) is 4.79 Å². The summed E-state index contributed by atoms with van der Waals surface area (Å²) in [5.41, 5.74) is 2.82. The van der Waals surface area contributed by atoms with Crippen LogP contribution in [0.15, 0.2) is 80.1 Å². The lowest BCUT2D eigenvalue weighted by molar-refractivity contribution is -0.130. The Hall–Kier alpha value is -3.79. The molecule has 4 aromatic rings. The number of nitrogen functional groups attached to an aromatic ring is 1. The Morgan fingerprint density at radius 3 is 2.49 bits per heavy atom. The van der Waals surface area contributed by atoms with E-state index in [-0.39, 0.29) is 23.1 Å². The van der Waals surface area contributed by atoms with Crippen LogP contribution in [0.5, 0.6) is 0 Å². The molecule has 0 bridgehead atoms. The molecule has 1 aliphatic rings. The molecule has 0 spiro atoms. The van der Waals surface area contributed by atoms with Crippen molar-refractivity contribution in [2.45, 2.75) is 43.8 Å². The Morgan fingerprint density at radius 2 is 1.83 bits per heavy atom. The molecule has 10 heteroatoms. The maximum Gasteiger partial charge on any atom is 0.253 e. The Morgan fingerprint density at radius 1 is 1.09 bits per heavy atom. The summed E-state index contributed by atoms with van der Waals surface area (Å²) >= 11 is 1.21. The van der Waals surface area contributed by atoms with Crippen molar-refractivity contribution in [2.24, 2.45) is 5.10 Å². The molecule has 3 aromatic heterocycles. The van der Waals surface area contributed by atoms with Crippen molar-refractivity contribution in [1.29, 1.82) is 0 Å². The van der Waals surface area contributed by atoms with Crippen molar-refractivity contribution >= 4 is 23.4 Å². The maximum atomic E-state index is 13.2. The number of thioether (sulfide) groups is 1. The Balaban J connectivity index is 1.31. The molecular weight excluding hydrogens is 464 g/mol. The molecule has 1 aliphatic heterocycles. The number of carbonyl (C=O) groups is 1. The van der Waals surface area contributed by atoms with E-state index < -0.39 is 0 Å². The zero-order valence-corrected chi connectivity index (χ0v) is 20.5. The summed E-state index contributed by atoms with van der Waals surface area (Å²) < 4.78 is 12.5. The lowest BCUT2D eigenvalue weighted by Gasteiger charge is -2.19. The second-order valence-corrected chi connectivity index (χ2v) is 10.2. The smallest absolute Gasteiger partial charge is 0.253 e. The molecule has 5 rings (SSSR count). The van der Waals surface area contributed by atoms with Crippen LogP contribution in [0.25, 0.3) is 11.4 Å². The SMILES string of the molecule is CC(C)(C)c1ccc(-c2nnc(SCC(=O)N3N=C(c4ccco4)CC3c3ccco3)n2N)cc1. The van der Waals surface area contributed by atoms with Gasteiger partial charge in [0.15, 0.2) is 5.82 Å². The fraction of sp³-hybridized carbons (Fsp3) is 0.280. The van der Waals surface area contributed by atoms with Gasteiger partial charge in [-0.3, -0.25) is 4.79 Å². The van der Waals surface area contributed by atoms with Crippen LogP contribution in [0.4, 0.5) is 0 Å². The molecule has 1 amide bonds. The molecule has 0 aliphatic carbocycles. The second-order valence-electron chi connectivity index (χ2n) is 9.29. The molecule has 1 aromatic carbocycles. The first-order chi connectivity index (χ1) is 16.8. The molecule has 35 heavy (non-hydrogen) atoms. The van der Waals surface area contributed by atoms with Gasteiger partial charge < -0.3 is 14.7 Å². The number of hydrogen-bond acceptors (Lipinski definition) is 8. The van der Waals surface area contributed by atoms with Crippen molar-refractivity contribution in [3.05, 3.63) is 78.1 Å². The Labute approximate surface area is 207 Å². The molecule has 4 heterocycles. The van der Waals surface area contributed by atoms with Crippen LogP contribution >= 0.6 is 11.8 Å². The van der Waals surface area contributed by atoms with Crippen molar-refractivity contribution in [3.63, 3.8) is 0 Å². The van der Waals surface area contributed by atoms with Crippen molar-refractivity contribution < 1.29 is 13.6 Å². The van der Waals surface area contributed by atoms with E-state index in [0.29, 0.717) is 34.6 Å². The topological polar surface area (TPSA) is 116 Å². The lowest BCUT2D eigenvalue weighted by atomic mass is 9.87. The van der Waals surface area contributed by atoms with Gasteiger partial charge in [-0.25, -0.2) is 9.69 Å². The first-order valence-corrected chi connectivity index (χ1v) is 12.2. The van der Waals surface area contributed by atoms with E-state index in [1.807, 2.05) is 24.3 Å². The Bertz CT molecular complexity index is 1340. The minimum absolute atomic E-state index is 0.0542. The molecule has 1 unspecified atom stereocenters. The quantitative estimate of drug-likeness (QED) is 0.310. The molecule has 0 saturated carbocycles. The highest BCUT2D eigenvalue weighted by Gasteiger charge is 2.35. The number of nitrogens with two attached hydrogens (primary N) is 1. The van der Waals surface area contributed by atoms with Gasteiger partial charge in [0, 0.05) is 12.0 Å². The first kappa shape index (κ1) is 23.0.